The average molecular weight is 442 g/mol. The molecule has 0 aliphatic rings. The fraction of sp³-hybridized carbons (Fsp3) is 0.227. The summed E-state index contributed by atoms with van der Waals surface area (Å²) >= 11 is 1.50. The summed E-state index contributed by atoms with van der Waals surface area (Å²) in [6.45, 7) is 2.60. The summed E-state index contributed by atoms with van der Waals surface area (Å²) in [5.74, 6) is 0.925. The third kappa shape index (κ3) is 6.45. The Bertz CT molecular complexity index is 1020. The second-order valence-corrected chi connectivity index (χ2v) is 7.08. The smallest absolute Gasteiger partial charge is 0.257 e. The first-order valence-electron chi connectivity index (χ1n) is 9.58. The fourth-order valence-electron chi connectivity index (χ4n) is 2.65. The Morgan fingerprint density at radius 1 is 1.10 bits per heavy atom. The molecule has 2 aromatic carbocycles. The number of carbonyl (C=O) groups excluding carboxylic acids is 2. The van der Waals surface area contributed by atoms with E-state index in [1.54, 1.807) is 48.0 Å². The summed E-state index contributed by atoms with van der Waals surface area (Å²) in [4.78, 5) is 28.4. The molecule has 3 rings (SSSR count). The first-order chi connectivity index (χ1) is 15.1. The van der Waals surface area contributed by atoms with E-state index in [-0.39, 0.29) is 18.4 Å². The van der Waals surface area contributed by atoms with E-state index in [1.165, 1.54) is 18.4 Å². The number of methoxy groups -OCH3 is 1. The second kappa shape index (κ2) is 11.0. The Balaban J connectivity index is 1.63. The minimum absolute atomic E-state index is 0.0925. The van der Waals surface area contributed by atoms with Gasteiger partial charge in [-0.2, -0.15) is 0 Å². The average Bonchev–Trinajstić information content (AvgIpc) is 3.30. The van der Waals surface area contributed by atoms with Crippen LogP contribution in [0.3, 0.4) is 0 Å². The van der Waals surface area contributed by atoms with Gasteiger partial charge in [-0.3, -0.25) is 9.59 Å². The summed E-state index contributed by atoms with van der Waals surface area (Å²) in [5.41, 5.74) is 3.51. The van der Waals surface area contributed by atoms with Crippen molar-refractivity contribution < 1.29 is 23.8 Å². The molecule has 0 spiro atoms. The minimum atomic E-state index is -0.315. The van der Waals surface area contributed by atoms with Gasteiger partial charge in [0.25, 0.3) is 11.8 Å². The molecule has 0 saturated carbocycles. The van der Waals surface area contributed by atoms with Crippen LogP contribution in [0.2, 0.25) is 0 Å². The van der Waals surface area contributed by atoms with E-state index >= 15 is 0 Å². The van der Waals surface area contributed by atoms with Gasteiger partial charge in [0.05, 0.1) is 18.3 Å². The lowest BCUT2D eigenvalue weighted by molar-refractivity contribution is -0.122. The van der Waals surface area contributed by atoms with E-state index in [0.717, 1.165) is 5.69 Å². The largest absolute Gasteiger partial charge is 0.493 e. The molecule has 0 bridgehead atoms. The SMILES string of the molecule is CCNC(=O)COc1cccc(NC(=O)c2ccc(OCc3cscn3)c(OC)c2)c1. The van der Waals surface area contributed by atoms with Gasteiger partial charge < -0.3 is 24.8 Å². The number of anilines is 1. The number of amides is 2. The highest BCUT2D eigenvalue weighted by atomic mass is 32.1. The van der Waals surface area contributed by atoms with Crippen LogP contribution < -0.4 is 24.8 Å². The van der Waals surface area contributed by atoms with Crippen LogP contribution in [0.15, 0.2) is 53.4 Å². The minimum Gasteiger partial charge on any atom is -0.493 e. The molecule has 2 amide bonds. The molecule has 0 aliphatic carbocycles. The maximum atomic E-state index is 12.7. The molecule has 0 unspecified atom stereocenters. The summed E-state index contributed by atoms with van der Waals surface area (Å²) in [7, 11) is 1.52. The van der Waals surface area contributed by atoms with Crippen molar-refractivity contribution in [3.8, 4) is 17.2 Å². The third-order valence-electron chi connectivity index (χ3n) is 4.12. The predicted octanol–water partition coefficient (Wildman–Crippen LogP) is 3.50. The number of rotatable bonds is 10. The highest BCUT2D eigenvalue weighted by molar-refractivity contribution is 7.07. The maximum absolute atomic E-state index is 12.7. The molecule has 9 heteroatoms. The molecule has 0 aliphatic heterocycles. The Labute approximate surface area is 184 Å². The highest BCUT2D eigenvalue weighted by Gasteiger charge is 2.13. The number of ether oxygens (including phenoxy) is 3. The number of carbonyl (C=O) groups is 2. The van der Waals surface area contributed by atoms with Crippen LogP contribution in [-0.2, 0) is 11.4 Å². The predicted molar refractivity (Wildman–Crippen MR) is 118 cm³/mol. The summed E-state index contributed by atoms with van der Waals surface area (Å²) in [5, 5.41) is 7.37. The highest BCUT2D eigenvalue weighted by Crippen LogP contribution is 2.29. The van der Waals surface area contributed by atoms with Gasteiger partial charge in [-0.1, -0.05) is 6.07 Å². The normalized spacial score (nSPS) is 10.3. The molecule has 1 heterocycles. The lowest BCUT2D eigenvalue weighted by atomic mass is 10.1. The van der Waals surface area contributed by atoms with E-state index in [1.807, 2.05) is 12.3 Å². The van der Waals surface area contributed by atoms with Crippen molar-refractivity contribution in [2.45, 2.75) is 13.5 Å². The van der Waals surface area contributed by atoms with E-state index < -0.39 is 0 Å². The van der Waals surface area contributed by atoms with Crippen LogP contribution in [0.25, 0.3) is 0 Å². The van der Waals surface area contributed by atoms with Crippen molar-refractivity contribution >= 4 is 28.8 Å². The number of nitrogens with one attached hydrogen (secondary N) is 2. The second-order valence-electron chi connectivity index (χ2n) is 6.36. The summed E-state index contributed by atoms with van der Waals surface area (Å²) < 4.78 is 16.6. The number of benzene rings is 2. The van der Waals surface area contributed by atoms with Gasteiger partial charge in [-0.05, 0) is 37.3 Å². The first-order valence-corrected chi connectivity index (χ1v) is 10.5. The number of hydrogen-bond donors (Lipinski definition) is 2. The molecule has 0 saturated heterocycles. The van der Waals surface area contributed by atoms with Gasteiger partial charge in [0.1, 0.15) is 12.4 Å². The Morgan fingerprint density at radius 3 is 2.71 bits per heavy atom. The molecular weight excluding hydrogens is 418 g/mol. The zero-order valence-corrected chi connectivity index (χ0v) is 18.0. The van der Waals surface area contributed by atoms with Crippen molar-refractivity contribution in [1.82, 2.24) is 10.3 Å². The van der Waals surface area contributed by atoms with Crippen molar-refractivity contribution in [1.29, 1.82) is 0 Å². The number of nitrogens with zero attached hydrogens (tertiary/aromatic N) is 1. The molecule has 162 valence electrons. The van der Waals surface area contributed by atoms with Crippen molar-refractivity contribution in [2.24, 2.45) is 0 Å². The lowest BCUT2D eigenvalue weighted by Gasteiger charge is -2.12. The zero-order valence-electron chi connectivity index (χ0n) is 17.2. The Kier molecular flexibility index (Phi) is 7.83. The molecule has 8 nitrogen and oxygen atoms in total. The van der Waals surface area contributed by atoms with Crippen LogP contribution >= 0.6 is 11.3 Å². The number of aromatic nitrogens is 1. The van der Waals surface area contributed by atoms with E-state index in [9.17, 15) is 9.59 Å². The van der Waals surface area contributed by atoms with E-state index in [0.29, 0.717) is 41.7 Å². The van der Waals surface area contributed by atoms with E-state index in [4.69, 9.17) is 14.2 Å². The fourth-order valence-corrected chi connectivity index (χ4v) is 3.20. The van der Waals surface area contributed by atoms with Crippen LogP contribution in [0.1, 0.15) is 23.0 Å². The zero-order chi connectivity index (χ0) is 22.1. The van der Waals surface area contributed by atoms with Crippen molar-refractivity contribution in [3.05, 3.63) is 64.6 Å². The number of likely N-dealkylation sites (N-methyl/N-ethyl adjacent to an activating group) is 1. The summed E-state index contributed by atoms with van der Waals surface area (Å²) in [6, 6.07) is 11.8. The molecular formula is C22H23N3O5S. The third-order valence-corrected chi connectivity index (χ3v) is 4.76. The van der Waals surface area contributed by atoms with Crippen LogP contribution in [0.4, 0.5) is 5.69 Å². The van der Waals surface area contributed by atoms with Gasteiger partial charge in [0.2, 0.25) is 0 Å². The first kappa shape index (κ1) is 22.1. The monoisotopic (exact) mass is 441 g/mol. The topological polar surface area (TPSA) is 98.8 Å². The standard InChI is InChI=1S/C22H23N3O5S/c1-3-23-21(26)12-29-18-6-4-5-16(10-18)25-22(27)15-7-8-19(20(9-15)28-2)30-11-17-13-31-14-24-17/h4-10,13-14H,3,11-12H2,1-2H3,(H,23,26)(H,25,27). The molecule has 0 fully saturated rings. The van der Waals surface area contributed by atoms with Gasteiger partial charge >= 0.3 is 0 Å². The maximum Gasteiger partial charge on any atom is 0.257 e. The van der Waals surface area contributed by atoms with Crippen LogP contribution in [-0.4, -0.2) is 37.1 Å². The number of hydrogen-bond acceptors (Lipinski definition) is 7. The van der Waals surface area contributed by atoms with E-state index in [2.05, 4.69) is 15.6 Å². The molecule has 1 aromatic heterocycles. The quantitative estimate of drug-likeness (QED) is 0.500. The van der Waals surface area contributed by atoms with Crippen LogP contribution in [0.5, 0.6) is 17.2 Å². The molecule has 0 radical (unpaired) electrons. The van der Waals surface area contributed by atoms with Gasteiger partial charge in [-0.25, -0.2) is 4.98 Å². The Hall–Kier alpha value is -3.59. The van der Waals surface area contributed by atoms with Gasteiger partial charge in [-0.15, -0.1) is 11.3 Å². The molecule has 31 heavy (non-hydrogen) atoms. The molecule has 3 aromatic rings. The molecule has 2 N–H and O–H groups in total. The molecule has 0 atom stereocenters. The van der Waals surface area contributed by atoms with Crippen molar-refractivity contribution in [3.63, 3.8) is 0 Å². The van der Waals surface area contributed by atoms with Gasteiger partial charge in [0.15, 0.2) is 18.1 Å². The lowest BCUT2D eigenvalue weighted by Crippen LogP contribution is -2.28. The van der Waals surface area contributed by atoms with Crippen molar-refractivity contribution in [2.75, 3.05) is 25.6 Å². The summed E-state index contributed by atoms with van der Waals surface area (Å²) in [6.07, 6.45) is 0. The van der Waals surface area contributed by atoms with Crippen LogP contribution in [0, 0.1) is 0 Å². The Morgan fingerprint density at radius 2 is 1.97 bits per heavy atom. The number of thiazole rings is 1. The van der Waals surface area contributed by atoms with Gasteiger partial charge in [0, 0.05) is 29.2 Å².